The van der Waals surface area contributed by atoms with Gasteiger partial charge in [0, 0.05) is 11.4 Å². The Bertz CT molecular complexity index is 458. The molecule has 2 unspecified atom stereocenters. The van der Waals surface area contributed by atoms with Gasteiger partial charge in [0.2, 0.25) is 0 Å². The molecule has 20 heavy (non-hydrogen) atoms. The number of aryl methyl sites for hydroxylation is 1. The number of nitrogen functional groups attached to an aromatic ring is 1. The number of rotatable bonds is 6. The van der Waals surface area contributed by atoms with Crippen LogP contribution in [0.2, 0.25) is 0 Å². The van der Waals surface area contributed by atoms with Crippen LogP contribution in [-0.2, 0) is 9.53 Å². The van der Waals surface area contributed by atoms with Crippen molar-refractivity contribution in [1.29, 1.82) is 0 Å². The van der Waals surface area contributed by atoms with Gasteiger partial charge in [-0.2, -0.15) is 0 Å². The number of hydrogen-bond donors (Lipinski definition) is 2. The van der Waals surface area contributed by atoms with E-state index in [0.29, 0.717) is 11.6 Å². The van der Waals surface area contributed by atoms with Crippen LogP contribution >= 0.6 is 0 Å². The van der Waals surface area contributed by atoms with Gasteiger partial charge in [0.05, 0.1) is 6.10 Å². The fraction of sp³-hybridized carbons (Fsp3) is 0.562. The summed E-state index contributed by atoms with van der Waals surface area (Å²) in [6.07, 6.45) is 0.544. The van der Waals surface area contributed by atoms with Gasteiger partial charge in [-0.05, 0) is 56.9 Å². The Morgan fingerprint density at radius 1 is 1.30 bits per heavy atom. The average Bonchev–Trinajstić information content (AvgIpc) is 2.31. The van der Waals surface area contributed by atoms with E-state index >= 15 is 0 Å². The number of benzene rings is 1. The van der Waals surface area contributed by atoms with Crippen LogP contribution in [0.3, 0.4) is 0 Å². The Labute approximate surface area is 121 Å². The molecule has 0 bridgehead atoms. The molecule has 0 saturated heterocycles. The molecule has 0 aliphatic carbocycles. The van der Waals surface area contributed by atoms with Crippen molar-refractivity contribution in [2.24, 2.45) is 5.92 Å². The summed E-state index contributed by atoms with van der Waals surface area (Å²) < 4.78 is 5.72. The average molecular weight is 278 g/mol. The van der Waals surface area contributed by atoms with Gasteiger partial charge in [0.15, 0.2) is 0 Å². The number of hydrogen-bond acceptors (Lipinski definition) is 3. The highest BCUT2D eigenvalue weighted by Crippen LogP contribution is 2.18. The molecular weight excluding hydrogens is 252 g/mol. The second-order valence-electron chi connectivity index (χ2n) is 5.78. The lowest BCUT2D eigenvalue weighted by Crippen LogP contribution is -2.31. The summed E-state index contributed by atoms with van der Waals surface area (Å²) in [7, 11) is 0. The summed E-state index contributed by atoms with van der Waals surface area (Å²) in [6.45, 7) is 9.97. The third-order valence-corrected chi connectivity index (χ3v) is 3.12. The maximum Gasteiger partial charge on any atom is 0.253 e. The first-order valence-corrected chi connectivity index (χ1v) is 7.12. The van der Waals surface area contributed by atoms with E-state index in [1.54, 1.807) is 13.0 Å². The van der Waals surface area contributed by atoms with Gasteiger partial charge in [-0.3, -0.25) is 4.79 Å². The normalized spacial score (nSPS) is 14.1. The molecule has 0 spiro atoms. The van der Waals surface area contributed by atoms with Gasteiger partial charge in [-0.1, -0.05) is 13.8 Å². The molecule has 0 fully saturated rings. The van der Waals surface area contributed by atoms with Crippen molar-refractivity contribution in [3.8, 4) is 0 Å². The summed E-state index contributed by atoms with van der Waals surface area (Å²) in [5.74, 6) is 0.424. The van der Waals surface area contributed by atoms with E-state index in [4.69, 9.17) is 10.5 Å². The van der Waals surface area contributed by atoms with Gasteiger partial charge in [0.1, 0.15) is 6.10 Å². The molecule has 1 amide bonds. The lowest BCUT2D eigenvalue weighted by molar-refractivity contribution is -0.129. The maximum absolute atomic E-state index is 12.1. The van der Waals surface area contributed by atoms with E-state index in [9.17, 15) is 4.79 Å². The quantitative estimate of drug-likeness (QED) is 0.784. The highest BCUT2D eigenvalue weighted by molar-refractivity contribution is 5.94. The fourth-order valence-electron chi connectivity index (χ4n) is 2.19. The molecule has 0 saturated carbocycles. The van der Waals surface area contributed by atoms with E-state index in [1.807, 2.05) is 26.0 Å². The molecule has 0 radical (unpaired) electrons. The minimum absolute atomic E-state index is 0.0725. The Balaban J connectivity index is 2.57. The third kappa shape index (κ3) is 5.21. The number of nitrogens with one attached hydrogen (secondary N) is 1. The fourth-order valence-corrected chi connectivity index (χ4v) is 2.19. The van der Waals surface area contributed by atoms with E-state index in [1.165, 1.54) is 0 Å². The molecule has 2 atom stereocenters. The summed E-state index contributed by atoms with van der Waals surface area (Å²) in [5.41, 5.74) is 8.10. The van der Waals surface area contributed by atoms with Crippen molar-refractivity contribution >= 4 is 17.3 Å². The largest absolute Gasteiger partial charge is 0.399 e. The van der Waals surface area contributed by atoms with Crippen molar-refractivity contribution in [1.82, 2.24) is 0 Å². The highest BCUT2D eigenvalue weighted by Gasteiger charge is 2.18. The van der Waals surface area contributed by atoms with E-state index in [-0.39, 0.29) is 12.0 Å². The molecule has 1 aromatic carbocycles. The summed E-state index contributed by atoms with van der Waals surface area (Å²) in [6, 6.07) is 5.42. The van der Waals surface area contributed by atoms with Crippen LogP contribution in [0.1, 0.15) is 39.7 Å². The van der Waals surface area contributed by atoms with Crippen molar-refractivity contribution in [3.63, 3.8) is 0 Å². The van der Waals surface area contributed by atoms with Crippen molar-refractivity contribution in [2.45, 2.75) is 53.2 Å². The molecular formula is C16H26N2O2. The standard InChI is InChI=1S/C16H26N2O2/c1-10(2)8-12(4)20-13(5)16(19)18-15-7-6-14(17)9-11(15)3/h6-7,9-10,12-13H,8,17H2,1-5H3,(H,18,19). The first-order chi connectivity index (χ1) is 9.29. The van der Waals surface area contributed by atoms with E-state index in [0.717, 1.165) is 17.7 Å². The van der Waals surface area contributed by atoms with Gasteiger partial charge >= 0.3 is 0 Å². The molecule has 0 aliphatic heterocycles. The molecule has 4 nitrogen and oxygen atoms in total. The zero-order valence-electron chi connectivity index (χ0n) is 13.1. The smallest absolute Gasteiger partial charge is 0.253 e. The van der Waals surface area contributed by atoms with Crippen molar-refractivity contribution in [3.05, 3.63) is 23.8 Å². The maximum atomic E-state index is 12.1. The van der Waals surface area contributed by atoms with Crippen LogP contribution in [0.15, 0.2) is 18.2 Å². The minimum Gasteiger partial charge on any atom is -0.399 e. The summed E-state index contributed by atoms with van der Waals surface area (Å²) in [4.78, 5) is 12.1. The van der Waals surface area contributed by atoms with Crippen LogP contribution in [0.4, 0.5) is 11.4 Å². The lowest BCUT2D eigenvalue weighted by Gasteiger charge is -2.20. The van der Waals surface area contributed by atoms with Gasteiger partial charge < -0.3 is 15.8 Å². The Kier molecular flexibility index (Phi) is 6.02. The zero-order chi connectivity index (χ0) is 15.3. The Hall–Kier alpha value is -1.55. The number of amides is 1. The number of nitrogens with two attached hydrogens (primary N) is 1. The first-order valence-electron chi connectivity index (χ1n) is 7.12. The van der Waals surface area contributed by atoms with Crippen LogP contribution in [0.5, 0.6) is 0 Å². The monoisotopic (exact) mass is 278 g/mol. The predicted octanol–water partition coefficient (Wildman–Crippen LogP) is 3.36. The van der Waals surface area contributed by atoms with Gasteiger partial charge in [0.25, 0.3) is 5.91 Å². The van der Waals surface area contributed by atoms with Crippen molar-refractivity contribution in [2.75, 3.05) is 11.1 Å². The second-order valence-corrected chi connectivity index (χ2v) is 5.78. The minimum atomic E-state index is -0.472. The number of ether oxygens (including phenoxy) is 1. The molecule has 1 rings (SSSR count). The molecule has 1 aromatic rings. The third-order valence-electron chi connectivity index (χ3n) is 3.12. The van der Waals surface area contributed by atoms with Gasteiger partial charge in [-0.15, -0.1) is 0 Å². The second kappa shape index (κ2) is 7.29. The van der Waals surface area contributed by atoms with Crippen LogP contribution < -0.4 is 11.1 Å². The van der Waals surface area contributed by atoms with Gasteiger partial charge in [-0.25, -0.2) is 0 Å². The topological polar surface area (TPSA) is 64.3 Å². The molecule has 3 N–H and O–H groups in total. The molecule has 112 valence electrons. The van der Waals surface area contributed by atoms with Crippen LogP contribution in [0, 0.1) is 12.8 Å². The SMILES string of the molecule is Cc1cc(N)ccc1NC(=O)C(C)OC(C)CC(C)C. The number of carbonyl (C=O) groups is 1. The molecule has 0 aliphatic rings. The predicted molar refractivity (Wildman–Crippen MR) is 83.7 cm³/mol. The molecule has 0 heterocycles. The number of anilines is 2. The highest BCUT2D eigenvalue weighted by atomic mass is 16.5. The molecule has 0 aromatic heterocycles. The Morgan fingerprint density at radius 2 is 1.95 bits per heavy atom. The van der Waals surface area contributed by atoms with E-state index < -0.39 is 6.10 Å². The van der Waals surface area contributed by atoms with Crippen molar-refractivity contribution < 1.29 is 9.53 Å². The van der Waals surface area contributed by atoms with E-state index in [2.05, 4.69) is 19.2 Å². The lowest BCUT2D eigenvalue weighted by atomic mass is 10.1. The Morgan fingerprint density at radius 3 is 2.50 bits per heavy atom. The van der Waals surface area contributed by atoms with Crippen LogP contribution in [0.25, 0.3) is 0 Å². The zero-order valence-corrected chi connectivity index (χ0v) is 13.1. The summed E-state index contributed by atoms with van der Waals surface area (Å²) in [5, 5.41) is 2.88. The summed E-state index contributed by atoms with van der Waals surface area (Å²) >= 11 is 0. The first kappa shape index (κ1) is 16.5. The molecule has 4 heteroatoms. The number of carbonyl (C=O) groups excluding carboxylic acids is 1. The van der Waals surface area contributed by atoms with Crippen LogP contribution in [-0.4, -0.2) is 18.1 Å².